The molecule has 0 spiro atoms. The van der Waals surface area contributed by atoms with Gasteiger partial charge in [0, 0.05) is 36.2 Å². The van der Waals surface area contributed by atoms with Gasteiger partial charge >= 0.3 is 0 Å². The Labute approximate surface area is 158 Å². The number of benzene rings is 1. The van der Waals surface area contributed by atoms with E-state index in [0.717, 1.165) is 37.7 Å². The van der Waals surface area contributed by atoms with Crippen LogP contribution in [0.15, 0.2) is 30.5 Å². The second-order valence-electron chi connectivity index (χ2n) is 7.16. The molecular weight excluding hydrogens is 344 g/mol. The molecule has 2 unspecified atom stereocenters. The quantitative estimate of drug-likeness (QED) is 0.867. The lowest BCUT2D eigenvalue weighted by molar-refractivity contribution is -0.124. The maximum absolute atomic E-state index is 12.7. The van der Waals surface area contributed by atoms with Crippen LogP contribution in [-0.4, -0.2) is 34.3 Å². The Hall–Kier alpha value is -2.67. The molecule has 1 aliphatic carbocycles. The fraction of sp³-hybridized carbons (Fsp3) is 0.450. The number of nitrogens with one attached hydrogen (secondary N) is 2. The highest BCUT2D eigenvalue weighted by molar-refractivity contribution is 5.98. The molecule has 0 saturated carbocycles. The Morgan fingerprint density at radius 2 is 2.15 bits per heavy atom. The van der Waals surface area contributed by atoms with E-state index in [9.17, 15) is 9.59 Å². The first-order valence-electron chi connectivity index (χ1n) is 9.46. The van der Waals surface area contributed by atoms with Gasteiger partial charge in [-0.25, -0.2) is 0 Å². The van der Waals surface area contributed by atoms with Gasteiger partial charge in [-0.1, -0.05) is 6.07 Å². The highest BCUT2D eigenvalue weighted by Gasteiger charge is 2.26. The number of anilines is 1. The lowest BCUT2D eigenvalue weighted by atomic mass is 9.92. The molecule has 4 rings (SSSR count). The summed E-state index contributed by atoms with van der Waals surface area (Å²) in [7, 11) is 1.93. The average Bonchev–Trinajstić information content (AvgIpc) is 3.33. The molecule has 1 aromatic carbocycles. The molecule has 27 heavy (non-hydrogen) atoms. The summed E-state index contributed by atoms with van der Waals surface area (Å²) in [5.74, 6) is -0.303. The van der Waals surface area contributed by atoms with E-state index < -0.39 is 6.10 Å². The minimum atomic E-state index is -0.395. The van der Waals surface area contributed by atoms with Crippen LogP contribution in [0.5, 0.6) is 0 Å². The van der Waals surface area contributed by atoms with E-state index in [1.54, 1.807) is 24.3 Å². The molecule has 7 heteroatoms. The van der Waals surface area contributed by atoms with Crippen LogP contribution in [-0.2, 0) is 23.0 Å². The summed E-state index contributed by atoms with van der Waals surface area (Å²) in [6.45, 7) is 0.623. The van der Waals surface area contributed by atoms with Crippen molar-refractivity contribution in [3.63, 3.8) is 0 Å². The Morgan fingerprint density at radius 3 is 2.96 bits per heavy atom. The molecule has 2 amide bonds. The Balaban J connectivity index is 1.44. The normalized spacial score (nSPS) is 21.5. The van der Waals surface area contributed by atoms with Crippen molar-refractivity contribution >= 4 is 17.5 Å². The minimum absolute atomic E-state index is 0.0277. The number of rotatable bonds is 4. The van der Waals surface area contributed by atoms with Crippen LogP contribution in [0, 0.1) is 0 Å². The SMILES string of the molecule is Cn1ncc2c1CCCC2NC(=O)c1cccc(NC(=O)C2CCCO2)c1. The predicted molar refractivity (Wildman–Crippen MR) is 100 cm³/mol. The van der Waals surface area contributed by atoms with E-state index in [1.165, 1.54) is 5.69 Å². The van der Waals surface area contributed by atoms with Crippen LogP contribution >= 0.6 is 0 Å². The molecule has 2 atom stereocenters. The zero-order valence-corrected chi connectivity index (χ0v) is 15.4. The highest BCUT2D eigenvalue weighted by Crippen LogP contribution is 2.29. The molecule has 7 nitrogen and oxygen atoms in total. The van der Waals surface area contributed by atoms with Crippen molar-refractivity contribution in [1.29, 1.82) is 0 Å². The zero-order valence-electron chi connectivity index (χ0n) is 15.4. The first-order valence-corrected chi connectivity index (χ1v) is 9.46. The van der Waals surface area contributed by atoms with Gasteiger partial charge in [0.1, 0.15) is 6.10 Å². The molecule has 0 bridgehead atoms. The number of aromatic nitrogens is 2. The summed E-state index contributed by atoms with van der Waals surface area (Å²) in [5.41, 5.74) is 3.41. The van der Waals surface area contributed by atoms with E-state index in [2.05, 4.69) is 15.7 Å². The first kappa shape index (κ1) is 17.7. The third-order valence-corrected chi connectivity index (χ3v) is 5.30. The third-order valence-electron chi connectivity index (χ3n) is 5.30. The van der Waals surface area contributed by atoms with E-state index in [0.29, 0.717) is 17.9 Å². The molecule has 1 saturated heterocycles. The molecular formula is C20H24N4O3. The maximum atomic E-state index is 12.7. The lowest BCUT2D eigenvalue weighted by Gasteiger charge is -2.24. The van der Waals surface area contributed by atoms with Crippen molar-refractivity contribution in [2.45, 2.75) is 44.2 Å². The number of carbonyl (C=O) groups excluding carboxylic acids is 2. The number of amides is 2. The number of fused-ring (bicyclic) bond motifs is 1. The van der Waals surface area contributed by atoms with Gasteiger partial charge in [-0.15, -0.1) is 0 Å². The van der Waals surface area contributed by atoms with Gasteiger partial charge in [-0.2, -0.15) is 5.10 Å². The Kier molecular flexibility index (Phi) is 4.94. The van der Waals surface area contributed by atoms with Crippen LogP contribution in [0.4, 0.5) is 5.69 Å². The molecule has 1 aromatic heterocycles. The molecule has 2 aliphatic rings. The van der Waals surface area contributed by atoms with E-state index in [1.807, 2.05) is 17.9 Å². The monoisotopic (exact) mass is 368 g/mol. The van der Waals surface area contributed by atoms with Crippen LogP contribution < -0.4 is 10.6 Å². The van der Waals surface area contributed by atoms with Crippen molar-refractivity contribution in [2.24, 2.45) is 7.05 Å². The second kappa shape index (κ2) is 7.52. The van der Waals surface area contributed by atoms with Gasteiger partial charge in [0.05, 0.1) is 12.2 Å². The van der Waals surface area contributed by atoms with E-state index >= 15 is 0 Å². The molecule has 0 radical (unpaired) electrons. The van der Waals surface area contributed by atoms with Crippen LogP contribution in [0.1, 0.15) is 53.3 Å². The number of nitrogens with zero attached hydrogens (tertiary/aromatic N) is 2. The predicted octanol–water partition coefficient (Wildman–Crippen LogP) is 2.35. The van der Waals surface area contributed by atoms with Gasteiger partial charge in [0.25, 0.3) is 11.8 Å². The van der Waals surface area contributed by atoms with Crippen molar-refractivity contribution in [2.75, 3.05) is 11.9 Å². The molecule has 2 N–H and O–H groups in total. The molecule has 2 heterocycles. The number of ether oxygens (including phenoxy) is 1. The third kappa shape index (κ3) is 3.73. The fourth-order valence-electron chi connectivity index (χ4n) is 3.84. The van der Waals surface area contributed by atoms with Gasteiger partial charge in [0.2, 0.25) is 0 Å². The summed E-state index contributed by atoms with van der Waals surface area (Å²) in [5, 5.41) is 10.3. The van der Waals surface area contributed by atoms with Gasteiger partial charge in [-0.3, -0.25) is 14.3 Å². The Morgan fingerprint density at radius 1 is 1.26 bits per heavy atom. The van der Waals surface area contributed by atoms with Crippen LogP contribution in [0.2, 0.25) is 0 Å². The van der Waals surface area contributed by atoms with Gasteiger partial charge in [0.15, 0.2) is 0 Å². The smallest absolute Gasteiger partial charge is 0.253 e. The molecule has 142 valence electrons. The Bertz CT molecular complexity index is 855. The largest absolute Gasteiger partial charge is 0.368 e. The molecule has 1 aliphatic heterocycles. The van der Waals surface area contributed by atoms with E-state index in [4.69, 9.17) is 4.74 Å². The number of aryl methyl sites for hydroxylation is 1. The van der Waals surface area contributed by atoms with Crippen LogP contribution in [0.3, 0.4) is 0 Å². The topological polar surface area (TPSA) is 85.3 Å². The van der Waals surface area contributed by atoms with Crippen molar-refractivity contribution < 1.29 is 14.3 Å². The molecule has 2 aromatic rings. The van der Waals surface area contributed by atoms with Crippen molar-refractivity contribution in [3.8, 4) is 0 Å². The number of hydrogen-bond acceptors (Lipinski definition) is 4. The zero-order chi connectivity index (χ0) is 18.8. The lowest BCUT2D eigenvalue weighted by Crippen LogP contribution is -2.31. The standard InChI is InChI=1S/C20H24N4O3/c1-24-17-8-3-7-16(15(17)12-21-24)23-19(25)13-5-2-6-14(11-13)22-20(26)18-9-4-10-27-18/h2,5-6,11-12,16,18H,3-4,7-10H2,1H3,(H,22,26)(H,23,25). The molecule has 1 fully saturated rings. The van der Waals surface area contributed by atoms with Gasteiger partial charge < -0.3 is 15.4 Å². The summed E-state index contributed by atoms with van der Waals surface area (Å²) in [6, 6.07) is 6.99. The van der Waals surface area contributed by atoms with Crippen LogP contribution in [0.25, 0.3) is 0 Å². The second-order valence-corrected chi connectivity index (χ2v) is 7.16. The summed E-state index contributed by atoms with van der Waals surface area (Å²) < 4.78 is 7.29. The van der Waals surface area contributed by atoms with Gasteiger partial charge in [-0.05, 0) is 50.3 Å². The number of hydrogen-bond donors (Lipinski definition) is 2. The summed E-state index contributed by atoms with van der Waals surface area (Å²) in [6.07, 6.45) is 6.00. The summed E-state index contributed by atoms with van der Waals surface area (Å²) >= 11 is 0. The summed E-state index contributed by atoms with van der Waals surface area (Å²) in [4.78, 5) is 25.0. The minimum Gasteiger partial charge on any atom is -0.368 e. The van der Waals surface area contributed by atoms with Crippen molar-refractivity contribution in [1.82, 2.24) is 15.1 Å². The highest BCUT2D eigenvalue weighted by atomic mass is 16.5. The van der Waals surface area contributed by atoms with Crippen molar-refractivity contribution in [3.05, 3.63) is 47.3 Å². The number of carbonyl (C=O) groups is 2. The van der Waals surface area contributed by atoms with E-state index in [-0.39, 0.29) is 17.9 Å². The average molecular weight is 368 g/mol. The maximum Gasteiger partial charge on any atom is 0.253 e. The fourth-order valence-corrected chi connectivity index (χ4v) is 3.84. The first-order chi connectivity index (χ1) is 13.1.